The van der Waals surface area contributed by atoms with E-state index in [-0.39, 0.29) is 11.9 Å². The summed E-state index contributed by atoms with van der Waals surface area (Å²) in [6, 6.07) is 0.0922. The van der Waals surface area contributed by atoms with Crippen molar-refractivity contribution in [2.45, 2.75) is 56.2 Å². The average Bonchev–Trinajstić information content (AvgIpc) is 2.97. The third kappa shape index (κ3) is 4.66. The first-order valence-corrected chi connectivity index (χ1v) is 9.35. The molecular weight excluding hydrogens is 292 g/mol. The largest absolute Gasteiger partial charge is 0.384 e. The number of hydrogen-bond acceptors (Lipinski definition) is 4. The quantitative estimate of drug-likeness (QED) is 0.789. The van der Waals surface area contributed by atoms with E-state index in [1.165, 1.54) is 0 Å². The summed E-state index contributed by atoms with van der Waals surface area (Å²) in [6.45, 7) is 1.34. The Hall–Kier alpha value is -0.660. The van der Waals surface area contributed by atoms with E-state index in [1.54, 1.807) is 12.0 Å². The number of nitrogens with zero attached hydrogens (tertiary/aromatic N) is 1. The zero-order valence-corrected chi connectivity index (χ0v) is 13.5. The van der Waals surface area contributed by atoms with Crippen molar-refractivity contribution >= 4 is 15.9 Å². The highest BCUT2D eigenvalue weighted by Crippen LogP contribution is 2.22. The van der Waals surface area contributed by atoms with Crippen LogP contribution in [-0.2, 0) is 19.6 Å². The maximum atomic E-state index is 12.5. The van der Waals surface area contributed by atoms with Gasteiger partial charge in [0, 0.05) is 26.2 Å². The maximum absolute atomic E-state index is 12.5. The van der Waals surface area contributed by atoms with Gasteiger partial charge in [-0.15, -0.1) is 0 Å². The first-order valence-electron chi connectivity index (χ1n) is 7.81. The lowest BCUT2D eigenvalue weighted by Gasteiger charge is -2.33. The number of carbonyl (C=O) groups excluding carboxylic acids is 1. The summed E-state index contributed by atoms with van der Waals surface area (Å²) in [4.78, 5) is 13.7. The summed E-state index contributed by atoms with van der Waals surface area (Å²) in [7, 11) is -1.77. The highest BCUT2D eigenvalue weighted by Gasteiger charge is 2.34. The van der Waals surface area contributed by atoms with Crippen molar-refractivity contribution in [3.63, 3.8) is 0 Å². The number of carbonyl (C=O) groups is 1. The lowest BCUT2D eigenvalue weighted by molar-refractivity contribution is -0.132. The van der Waals surface area contributed by atoms with Gasteiger partial charge < -0.3 is 9.64 Å². The molecule has 1 unspecified atom stereocenters. The van der Waals surface area contributed by atoms with Gasteiger partial charge in [0.2, 0.25) is 15.9 Å². The Labute approximate surface area is 127 Å². The van der Waals surface area contributed by atoms with Crippen molar-refractivity contribution in [1.29, 1.82) is 0 Å². The predicted molar refractivity (Wildman–Crippen MR) is 80.4 cm³/mol. The fourth-order valence-corrected chi connectivity index (χ4v) is 4.88. The molecule has 2 rings (SSSR count). The highest BCUT2D eigenvalue weighted by molar-refractivity contribution is 7.90. The Balaban J connectivity index is 1.91. The van der Waals surface area contributed by atoms with Gasteiger partial charge in [0.15, 0.2) is 0 Å². The molecule has 0 spiro atoms. The molecule has 7 heteroatoms. The summed E-state index contributed by atoms with van der Waals surface area (Å²) in [5, 5.41) is -0.474. The molecule has 1 amide bonds. The molecule has 0 radical (unpaired) electrons. The Kier molecular flexibility index (Phi) is 6.01. The number of likely N-dealkylation sites (tertiary alicyclic amines) is 1. The second kappa shape index (κ2) is 7.56. The molecule has 6 nitrogen and oxygen atoms in total. The van der Waals surface area contributed by atoms with E-state index in [4.69, 9.17) is 4.74 Å². The minimum atomic E-state index is -3.33. The molecule has 0 aromatic heterocycles. The predicted octanol–water partition coefficient (Wildman–Crippen LogP) is 0.876. The van der Waals surface area contributed by atoms with E-state index in [2.05, 4.69) is 4.72 Å². The molecule has 1 saturated heterocycles. The van der Waals surface area contributed by atoms with Crippen molar-refractivity contribution in [1.82, 2.24) is 9.62 Å². The van der Waals surface area contributed by atoms with Crippen LogP contribution in [0.15, 0.2) is 0 Å². The second-order valence-electron chi connectivity index (χ2n) is 5.99. The van der Waals surface area contributed by atoms with E-state index >= 15 is 0 Å². The Morgan fingerprint density at radius 1 is 1.24 bits per heavy atom. The van der Waals surface area contributed by atoms with Crippen LogP contribution >= 0.6 is 0 Å². The standard InChI is InChI=1S/C14H26N2O4S/c1-20-10-8-14(17)16-9-4-7-13(11-16)21(18,19)15-12-5-2-3-6-12/h12-13,15H,2-11H2,1H3. The van der Waals surface area contributed by atoms with Crippen molar-refractivity contribution in [2.75, 3.05) is 26.8 Å². The maximum Gasteiger partial charge on any atom is 0.224 e. The number of piperidine rings is 1. The monoisotopic (exact) mass is 318 g/mol. The topological polar surface area (TPSA) is 75.7 Å². The van der Waals surface area contributed by atoms with Crippen LogP contribution in [0.3, 0.4) is 0 Å². The molecular formula is C14H26N2O4S. The molecule has 21 heavy (non-hydrogen) atoms. The van der Waals surface area contributed by atoms with E-state index < -0.39 is 15.3 Å². The molecule has 0 aromatic carbocycles. The van der Waals surface area contributed by atoms with Gasteiger partial charge in [-0.05, 0) is 25.7 Å². The number of sulfonamides is 1. The lowest BCUT2D eigenvalue weighted by Crippen LogP contribution is -2.50. The van der Waals surface area contributed by atoms with Crippen LogP contribution in [0.5, 0.6) is 0 Å². The van der Waals surface area contributed by atoms with Crippen LogP contribution in [0.2, 0.25) is 0 Å². The van der Waals surface area contributed by atoms with Crippen molar-refractivity contribution in [2.24, 2.45) is 0 Å². The van der Waals surface area contributed by atoms with Crippen LogP contribution in [0, 0.1) is 0 Å². The highest BCUT2D eigenvalue weighted by atomic mass is 32.2. The van der Waals surface area contributed by atoms with Crippen molar-refractivity contribution < 1.29 is 17.9 Å². The van der Waals surface area contributed by atoms with Crippen molar-refractivity contribution in [3.05, 3.63) is 0 Å². The minimum Gasteiger partial charge on any atom is -0.384 e. The molecule has 0 bridgehead atoms. The molecule has 1 N–H and O–H groups in total. The second-order valence-corrected chi connectivity index (χ2v) is 7.98. The number of rotatable bonds is 6. The van der Waals surface area contributed by atoms with Gasteiger partial charge >= 0.3 is 0 Å². The first kappa shape index (κ1) is 16.7. The molecule has 1 saturated carbocycles. The molecule has 0 aromatic rings. The minimum absolute atomic E-state index is 0.0161. The van der Waals surface area contributed by atoms with Crippen molar-refractivity contribution in [3.8, 4) is 0 Å². The van der Waals surface area contributed by atoms with Gasteiger partial charge in [-0.1, -0.05) is 12.8 Å². The molecule has 1 aliphatic heterocycles. The lowest BCUT2D eigenvalue weighted by atomic mass is 10.1. The summed E-state index contributed by atoms with van der Waals surface area (Å²) >= 11 is 0. The number of amides is 1. The van der Waals surface area contributed by atoms with Crippen LogP contribution in [0.4, 0.5) is 0 Å². The smallest absolute Gasteiger partial charge is 0.224 e. The summed E-state index contributed by atoms with van der Waals surface area (Å²) in [5.74, 6) is -0.0161. The average molecular weight is 318 g/mol. The van der Waals surface area contributed by atoms with E-state index in [0.717, 1.165) is 32.1 Å². The number of methoxy groups -OCH3 is 1. The van der Waals surface area contributed by atoms with Gasteiger partial charge in [-0.3, -0.25) is 4.79 Å². The fraction of sp³-hybridized carbons (Fsp3) is 0.929. The van der Waals surface area contributed by atoms with E-state index in [1.807, 2.05) is 0 Å². The zero-order chi connectivity index (χ0) is 15.3. The van der Waals surface area contributed by atoms with Crippen LogP contribution in [-0.4, -0.2) is 57.3 Å². The molecule has 1 aliphatic carbocycles. The number of ether oxygens (including phenoxy) is 1. The molecule has 2 aliphatic rings. The Morgan fingerprint density at radius 2 is 1.95 bits per heavy atom. The van der Waals surface area contributed by atoms with E-state index in [9.17, 15) is 13.2 Å². The molecule has 122 valence electrons. The van der Waals surface area contributed by atoms with E-state index in [0.29, 0.717) is 32.5 Å². The third-order valence-electron chi connectivity index (χ3n) is 4.38. The normalized spacial score (nSPS) is 24.4. The Bertz CT molecular complexity index is 446. The van der Waals surface area contributed by atoms with Gasteiger partial charge in [0.25, 0.3) is 0 Å². The van der Waals surface area contributed by atoms with Crippen LogP contribution in [0.25, 0.3) is 0 Å². The van der Waals surface area contributed by atoms with Gasteiger partial charge in [-0.25, -0.2) is 13.1 Å². The molecule has 1 heterocycles. The van der Waals surface area contributed by atoms with Gasteiger partial charge in [-0.2, -0.15) is 0 Å². The summed E-state index contributed by atoms with van der Waals surface area (Å²) < 4.78 is 32.6. The third-order valence-corrected chi connectivity index (χ3v) is 6.30. The summed E-state index contributed by atoms with van der Waals surface area (Å²) in [6.07, 6.45) is 5.76. The fourth-order valence-electron chi connectivity index (χ4n) is 3.14. The Morgan fingerprint density at radius 3 is 2.62 bits per heavy atom. The SMILES string of the molecule is COCCC(=O)N1CCCC(S(=O)(=O)NC2CCCC2)C1. The van der Waals surface area contributed by atoms with Gasteiger partial charge in [0.1, 0.15) is 0 Å². The number of hydrogen-bond donors (Lipinski definition) is 1. The van der Waals surface area contributed by atoms with Gasteiger partial charge in [0.05, 0.1) is 18.3 Å². The zero-order valence-electron chi connectivity index (χ0n) is 12.7. The molecule has 1 atom stereocenters. The summed E-state index contributed by atoms with van der Waals surface area (Å²) in [5.41, 5.74) is 0. The number of nitrogens with one attached hydrogen (secondary N) is 1. The molecule has 2 fully saturated rings. The van der Waals surface area contributed by atoms with Crippen LogP contribution in [0.1, 0.15) is 44.9 Å². The van der Waals surface area contributed by atoms with Crippen LogP contribution < -0.4 is 4.72 Å². The first-order chi connectivity index (χ1) is 10.0.